The maximum atomic E-state index is 11.0. The first-order chi connectivity index (χ1) is 9.58. The van der Waals surface area contributed by atoms with Crippen LogP contribution in [-0.2, 0) is 11.3 Å². The molecule has 1 heterocycles. The van der Waals surface area contributed by atoms with Crippen LogP contribution in [0.5, 0.6) is 0 Å². The summed E-state index contributed by atoms with van der Waals surface area (Å²) in [5, 5.41) is 15.0. The van der Waals surface area contributed by atoms with Gasteiger partial charge < -0.3 is 4.74 Å². The van der Waals surface area contributed by atoms with E-state index >= 15 is 0 Å². The Morgan fingerprint density at radius 2 is 2.30 bits per heavy atom. The number of aromatic nitrogens is 2. The first kappa shape index (κ1) is 14.2. The Bertz CT molecular complexity index is 669. The molecule has 8 heteroatoms. The molecule has 104 valence electrons. The minimum Gasteiger partial charge on any atom is -0.378 e. The lowest BCUT2D eigenvalue weighted by Gasteiger charge is -2.02. The number of aldehydes is 1. The molecule has 7 nitrogen and oxygen atoms in total. The standard InChI is InChI=1S/C12H10ClN3O4/c1-20-7-11-10(6-17)12(13)15(14-11)8-3-2-4-9(5-8)16(18)19/h2-6H,7H2,1H3. The van der Waals surface area contributed by atoms with Gasteiger partial charge >= 0.3 is 0 Å². The van der Waals surface area contributed by atoms with E-state index in [1.54, 1.807) is 6.07 Å². The van der Waals surface area contributed by atoms with Gasteiger partial charge in [0.1, 0.15) is 10.8 Å². The molecule has 0 aliphatic carbocycles. The van der Waals surface area contributed by atoms with Crippen LogP contribution in [0.2, 0.25) is 5.15 Å². The zero-order chi connectivity index (χ0) is 14.7. The van der Waals surface area contributed by atoms with Gasteiger partial charge in [-0.25, -0.2) is 4.68 Å². The van der Waals surface area contributed by atoms with Crippen molar-refractivity contribution < 1.29 is 14.5 Å². The Morgan fingerprint density at radius 1 is 1.55 bits per heavy atom. The molecule has 0 saturated heterocycles. The fraction of sp³-hybridized carbons (Fsp3) is 0.167. The Morgan fingerprint density at radius 3 is 2.90 bits per heavy atom. The van der Waals surface area contributed by atoms with Gasteiger partial charge in [-0.05, 0) is 6.07 Å². The van der Waals surface area contributed by atoms with Crippen molar-refractivity contribution in [2.45, 2.75) is 6.61 Å². The van der Waals surface area contributed by atoms with E-state index < -0.39 is 4.92 Å². The number of halogens is 1. The predicted octanol–water partition coefficient (Wildman–Crippen LogP) is 2.39. The summed E-state index contributed by atoms with van der Waals surface area (Å²) in [6.07, 6.45) is 0.581. The second-order valence-electron chi connectivity index (χ2n) is 3.89. The predicted molar refractivity (Wildman–Crippen MR) is 71.3 cm³/mol. The van der Waals surface area contributed by atoms with Crippen molar-refractivity contribution >= 4 is 23.6 Å². The molecule has 0 aliphatic heterocycles. The maximum absolute atomic E-state index is 11.0. The maximum Gasteiger partial charge on any atom is 0.271 e. The van der Waals surface area contributed by atoms with E-state index in [1.165, 1.54) is 30.0 Å². The molecule has 2 aromatic rings. The van der Waals surface area contributed by atoms with Crippen molar-refractivity contribution in [3.63, 3.8) is 0 Å². The quantitative estimate of drug-likeness (QED) is 0.480. The molecule has 0 aliphatic rings. The number of hydrogen-bond acceptors (Lipinski definition) is 5. The van der Waals surface area contributed by atoms with Gasteiger partial charge in [-0.2, -0.15) is 5.10 Å². The van der Waals surface area contributed by atoms with E-state index in [9.17, 15) is 14.9 Å². The SMILES string of the molecule is COCc1nn(-c2cccc([N+](=O)[O-])c2)c(Cl)c1C=O. The molecule has 0 fully saturated rings. The van der Waals surface area contributed by atoms with Crippen molar-refractivity contribution in [2.24, 2.45) is 0 Å². The average Bonchev–Trinajstić information content (AvgIpc) is 2.75. The fourth-order valence-corrected chi connectivity index (χ4v) is 2.01. The summed E-state index contributed by atoms with van der Waals surface area (Å²) in [5.74, 6) is 0. The normalized spacial score (nSPS) is 10.5. The van der Waals surface area contributed by atoms with Crippen LogP contribution in [-0.4, -0.2) is 28.1 Å². The van der Waals surface area contributed by atoms with Crippen LogP contribution < -0.4 is 0 Å². The molecular weight excluding hydrogens is 286 g/mol. The third kappa shape index (κ3) is 2.54. The molecule has 0 unspecified atom stereocenters. The lowest BCUT2D eigenvalue weighted by atomic mass is 10.2. The molecule has 0 saturated carbocycles. The van der Waals surface area contributed by atoms with Gasteiger partial charge in [0.2, 0.25) is 0 Å². The summed E-state index contributed by atoms with van der Waals surface area (Å²) in [5.41, 5.74) is 0.892. The van der Waals surface area contributed by atoms with Crippen LogP contribution in [0, 0.1) is 10.1 Å². The molecular formula is C12H10ClN3O4. The minimum absolute atomic E-state index is 0.0880. The zero-order valence-electron chi connectivity index (χ0n) is 10.4. The van der Waals surface area contributed by atoms with Gasteiger partial charge in [0, 0.05) is 19.2 Å². The van der Waals surface area contributed by atoms with Crippen LogP contribution in [0.25, 0.3) is 5.69 Å². The summed E-state index contributed by atoms with van der Waals surface area (Å²) in [6, 6.07) is 5.81. The van der Waals surface area contributed by atoms with E-state index in [0.29, 0.717) is 17.7 Å². The number of methoxy groups -OCH3 is 1. The number of ether oxygens (including phenoxy) is 1. The Hall–Kier alpha value is -2.25. The third-order valence-corrected chi connectivity index (χ3v) is 2.99. The van der Waals surface area contributed by atoms with Crippen molar-refractivity contribution in [1.82, 2.24) is 9.78 Å². The minimum atomic E-state index is -0.516. The lowest BCUT2D eigenvalue weighted by molar-refractivity contribution is -0.384. The van der Waals surface area contributed by atoms with Crippen LogP contribution >= 0.6 is 11.6 Å². The highest BCUT2D eigenvalue weighted by atomic mass is 35.5. The molecule has 0 spiro atoms. The van der Waals surface area contributed by atoms with Crippen molar-refractivity contribution in [3.05, 3.63) is 50.8 Å². The lowest BCUT2D eigenvalue weighted by Crippen LogP contribution is -1.99. The van der Waals surface area contributed by atoms with Crippen molar-refractivity contribution in [3.8, 4) is 5.69 Å². The highest BCUT2D eigenvalue weighted by Crippen LogP contribution is 2.25. The summed E-state index contributed by atoms with van der Waals surface area (Å²) in [4.78, 5) is 21.3. The molecule has 0 bridgehead atoms. The number of hydrogen-bond donors (Lipinski definition) is 0. The number of non-ortho nitro benzene ring substituents is 1. The Labute approximate surface area is 118 Å². The molecule has 0 amide bonds. The zero-order valence-corrected chi connectivity index (χ0v) is 11.2. The highest BCUT2D eigenvalue weighted by molar-refractivity contribution is 6.32. The summed E-state index contributed by atoms with van der Waals surface area (Å²) in [7, 11) is 1.47. The van der Waals surface area contributed by atoms with Gasteiger partial charge in [0.15, 0.2) is 6.29 Å². The monoisotopic (exact) mass is 295 g/mol. The molecule has 2 rings (SSSR count). The number of rotatable bonds is 5. The van der Waals surface area contributed by atoms with Crippen molar-refractivity contribution in [2.75, 3.05) is 7.11 Å². The largest absolute Gasteiger partial charge is 0.378 e. The molecule has 0 N–H and O–H groups in total. The summed E-state index contributed by atoms with van der Waals surface area (Å²) < 4.78 is 6.21. The number of benzene rings is 1. The van der Waals surface area contributed by atoms with Gasteiger partial charge in [-0.15, -0.1) is 0 Å². The topological polar surface area (TPSA) is 87.3 Å². The van der Waals surface area contributed by atoms with Gasteiger partial charge in [0.05, 0.1) is 22.8 Å². The Balaban J connectivity index is 2.55. The number of nitro benzene ring substituents is 1. The molecule has 0 atom stereocenters. The molecule has 1 aromatic heterocycles. The average molecular weight is 296 g/mol. The van der Waals surface area contributed by atoms with E-state index in [-0.39, 0.29) is 23.0 Å². The first-order valence-corrected chi connectivity index (χ1v) is 5.92. The van der Waals surface area contributed by atoms with E-state index in [2.05, 4.69) is 5.10 Å². The van der Waals surface area contributed by atoms with Gasteiger partial charge in [-0.3, -0.25) is 14.9 Å². The molecule has 1 aromatic carbocycles. The summed E-state index contributed by atoms with van der Waals surface area (Å²) >= 11 is 6.08. The van der Waals surface area contributed by atoms with Crippen molar-refractivity contribution in [1.29, 1.82) is 0 Å². The smallest absolute Gasteiger partial charge is 0.271 e. The van der Waals surface area contributed by atoms with E-state index in [4.69, 9.17) is 16.3 Å². The van der Waals surface area contributed by atoms with Crippen LogP contribution in [0.3, 0.4) is 0 Å². The molecule has 20 heavy (non-hydrogen) atoms. The number of nitrogens with zero attached hydrogens (tertiary/aromatic N) is 3. The first-order valence-electron chi connectivity index (χ1n) is 5.54. The number of carbonyl (C=O) groups is 1. The second-order valence-corrected chi connectivity index (χ2v) is 4.25. The number of carbonyl (C=O) groups excluding carboxylic acids is 1. The fourth-order valence-electron chi connectivity index (χ4n) is 1.72. The van der Waals surface area contributed by atoms with Crippen LogP contribution in [0.15, 0.2) is 24.3 Å². The van der Waals surface area contributed by atoms with E-state index in [1.807, 2.05) is 0 Å². The summed E-state index contributed by atoms with van der Waals surface area (Å²) in [6.45, 7) is 0.121. The van der Waals surface area contributed by atoms with Gasteiger partial charge in [0.25, 0.3) is 5.69 Å². The Kier molecular flexibility index (Phi) is 4.11. The van der Waals surface area contributed by atoms with E-state index in [0.717, 1.165) is 0 Å². The highest BCUT2D eigenvalue weighted by Gasteiger charge is 2.18. The van der Waals surface area contributed by atoms with Crippen LogP contribution in [0.1, 0.15) is 16.1 Å². The van der Waals surface area contributed by atoms with Gasteiger partial charge in [-0.1, -0.05) is 17.7 Å². The number of nitro groups is 1. The second kappa shape index (κ2) is 5.81. The molecule has 0 radical (unpaired) electrons. The third-order valence-electron chi connectivity index (χ3n) is 2.62. The van der Waals surface area contributed by atoms with Crippen LogP contribution in [0.4, 0.5) is 5.69 Å².